The number of nitrogens with one attached hydrogen (secondary N) is 3. The Morgan fingerprint density at radius 2 is 1.96 bits per heavy atom. The largest absolute Gasteiger partial charge is 0.361 e. The Hall–Kier alpha value is -2.35. The van der Waals surface area contributed by atoms with E-state index in [0.717, 1.165) is 20.0 Å². The molecule has 1 heterocycles. The smallest absolute Gasteiger partial charge is 0.247 e. The number of amides is 2. The van der Waals surface area contributed by atoms with Gasteiger partial charge in [0.1, 0.15) is 6.04 Å². The van der Waals surface area contributed by atoms with E-state index < -0.39 is 6.04 Å². The summed E-state index contributed by atoms with van der Waals surface area (Å²) in [5, 5.41) is 6.69. The van der Waals surface area contributed by atoms with Gasteiger partial charge in [0.25, 0.3) is 0 Å². The van der Waals surface area contributed by atoms with Gasteiger partial charge in [0.2, 0.25) is 11.8 Å². The molecule has 1 aromatic heterocycles. The number of hydrogen-bond donors (Lipinski definition) is 3. The van der Waals surface area contributed by atoms with Crippen LogP contribution < -0.4 is 10.6 Å². The Labute approximate surface area is 159 Å². The molecule has 6 heteroatoms. The van der Waals surface area contributed by atoms with E-state index in [0.29, 0.717) is 12.1 Å². The van der Waals surface area contributed by atoms with Crippen molar-refractivity contribution < 1.29 is 9.59 Å². The van der Waals surface area contributed by atoms with Crippen molar-refractivity contribution in [2.45, 2.75) is 19.4 Å². The molecule has 0 spiro atoms. The maximum absolute atomic E-state index is 12.7. The maximum atomic E-state index is 12.7. The molecular weight excluding hydrogens is 429 g/mol. The molecule has 25 heavy (non-hydrogen) atoms. The van der Waals surface area contributed by atoms with Gasteiger partial charge in [-0.1, -0.05) is 24.3 Å². The van der Waals surface area contributed by atoms with Crippen LogP contribution in [-0.2, 0) is 16.0 Å². The average Bonchev–Trinajstić information content (AvgIpc) is 2.97. The number of fused-ring (bicyclic) bond motifs is 1. The van der Waals surface area contributed by atoms with Gasteiger partial charge in [-0.15, -0.1) is 0 Å². The third kappa shape index (κ3) is 4.39. The molecule has 5 nitrogen and oxygen atoms in total. The molecule has 0 saturated heterocycles. The monoisotopic (exact) mass is 447 g/mol. The second-order valence-electron chi connectivity index (χ2n) is 5.82. The van der Waals surface area contributed by atoms with Crippen LogP contribution in [0, 0.1) is 3.57 Å². The fourth-order valence-electron chi connectivity index (χ4n) is 2.77. The number of hydrogen-bond acceptors (Lipinski definition) is 2. The van der Waals surface area contributed by atoms with Crippen molar-refractivity contribution in [2.24, 2.45) is 0 Å². The molecule has 0 saturated carbocycles. The number of carbonyl (C=O) groups is 2. The summed E-state index contributed by atoms with van der Waals surface area (Å²) in [4.78, 5) is 27.4. The van der Waals surface area contributed by atoms with Gasteiger partial charge in [0, 0.05) is 39.7 Å². The summed E-state index contributed by atoms with van der Waals surface area (Å²) in [5.41, 5.74) is 2.72. The molecule has 2 aromatic carbocycles. The summed E-state index contributed by atoms with van der Waals surface area (Å²) in [7, 11) is 0. The molecule has 2 amide bonds. The van der Waals surface area contributed by atoms with Crippen molar-refractivity contribution >= 4 is 51.0 Å². The highest BCUT2D eigenvalue weighted by molar-refractivity contribution is 14.1. The van der Waals surface area contributed by atoms with Crippen molar-refractivity contribution in [1.29, 1.82) is 0 Å². The van der Waals surface area contributed by atoms with Crippen molar-refractivity contribution in [3.63, 3.8) is 0 Å². The summed E-state index contributed by atoms with van der Waals surface area (Å²) in [6.45, 7) is 1.42. The topological polar surface area (TPSA) is 74.0 Å². The Balaban J connectivity index is 1.81. The summed E-state index contributed by atoms with van der Waals surface area (Å²) in [5.74, 6) is -0.467. The number of halogens is 1. The van der Waals surface area contributed by atoms with E-state index in [-0.39, 0.29) is 11.8 Å². The van der Waals surface area contributed by atoms with Gasteiger partial charge in [0.15, 0.2) is 0 Å². The first kappa shape index (κ1) is 17.5. The van der Waals surface area contributed by atoms with Crippen molar-refractivity contribution in [2.75, 3.05) is 5.32 Å². The van der Waals surface area contributed by atoms with Crippen LogP contribution >= 0.6 is 22.6 Å². The fourth-order valence-corrected chi connectivity index (χ4v) is 3.31. The number of aromatic amines is 1. The van der Waals surface area contributed by atoms with E-state index in [1.165, 1.54) is 6.92 Å². The van der Waals surface area contributed by atoms with Crippen LogP contribution in [-0.4, -0.2) is 22.8 Å². The van der Waals surface area contributed by atoms with E-state index in [4.69, 9.17) is 0 Å². The first-order chi connectivity index (χ1) is 12.0. The first-order valence-corrected chi connectivity index (χ1v) is 8.99. The van der Waals surface area contributed by atoms with Gasteiger partial charge in [0.05, 0.1) is 0 Å². The second-order valence-corrected chi connectivity index (χ2v) is 7.06. The van der Waals surface area contributed by atoms with Gasteiger partial charge in [-0.25, -0.2) is 0 Å². The Morgan fingerprint density at radius 1 is 1.16 bits per heavy atom. The lowest BCUT2D eigenvalue weighted by Gasteiger charge is -2.17. The lowest BCUT2D eigenvalue weighted by molar-refractivity contribution is -0.125. The first-order valence-electron chi connectivity index (χ1n) is 7.91. The third-order valence-electron chi connectivity index (χ3n) is 3.89. The highest BCUT2D eigenvalue weighted by Crippen LogP contribution is 2.20. The number of H-pyrrole nitrogens is 1. The molecule has 0 aliphatic carbocycles. The normalized spacial score (nSPS) is 11.9. The van der Waals surface area contributed by atoms with Gasteiger partial charge in [-0.05, 0) is 52.4 Å². The lowest BCUT2D eigenvalue weighted by Crippen LogP contribution is -2.44. The third-order valence-corrected chi connectivity index (χ3v) is 4.56. The number of para-hydroxylation sites is 1. The van der Waals surface area contributed by atoms with E-state index in [2.05, 4.69) is 38.2 Å². The van der Waals surface area contributed by atoms with Crippen LogP contribution in [0.25, 0.3) is 10.9 Å². The quantitative estimate of drug-likeness (QED) is 0.525. The summed E-state index contributed by atoms with van der Waals surface area (Å²) in [6.07, 6.45) is 2.30. The zero-order valence-electron chi connectivity index (χ0n) is 13.7. The Morgan fingerprint density at radius 3 is 2.72 bits per heavy atom. The number of anilines is 1. The number of carbonyl (C=O) groups excluding carboxylic acids is 2. The molecule has 0 radical (unpaired) electrons. The molecule has 1 unspecified atom stereocenters. The molecule has 0 aliphatic heterocycles. The van der Waals surface area contributed by atoms with Crippen molar-refractivity contribution in [1.82, 2.24) is 10.3 Å². The summed E-state index contributed by atoms with van der Waals surface area (Å²) in [6, 6.07) is 14.8. The van der Waals surface area contributed by atoms with Gasteiger partial charge < -0.3 is 15.6 Å². The van der Waals surface area contributed by atoms with Crippen LogP contribution in [0.5, 0.6) is 0 Å². The fraction of sp³-hybridized carbons (Fsp3) is 0.158. The minimum Gasteiger partial charge on any atom is -0.361 e. The molecule has 128 valence electrons. The molecule has 3 rings (SSSR count). The highest BCUT2D eigenvalue weighted by atomic mass is 127. The number of benzene rings is 2. The SMILES string of the molecule is CC(=O)NC(Cc1c[nH]c2ccccc12)C(=O)Nc1cccc(I)c1. The molecule has 1 atom stereocenters. The molecule has 0 aliphatic rings. The van der Waals surface area contributed by atoms with Gasteiger partial charge >= 0.3 is 0 Å². The zero-order chi connectivity index (χ0) is 17.8. The van der Waals surface area contributed by atoms with Crippen LogP contribution in [0.2, 0.25) is 0 Å². The van der Waals surface area contributed by atoms with Crippen molar-refractivity contribution in [3.8, 4) is 0 Å². The van der Waals surface area contributed by atoms with Crippen LogP contribution in [0.15, 0.2) is 54.7 Å². The minimum atomic E-state index is -0.644. The number of rotatable bonds is 5. The lowest BCUT2D eigenvalue weighted by atomic mass is 10.0. The standard InChI is InChI=1S/C19H18IN3O2/c1-12(24)22-18(19(25)23-15-6-4-5-14(20)10-15)9-13-11-21-17-8-3-2-7-16(13)17/h2-8,10-11,18,21H,9H2,1H3,(H,22,24)(H,23,25). The predicted molar refractivity (Wildman–Crippen MR) is 107 cm³/mol. The second kappa shape index (κ2) is 7.69. The number of aromatic nitrogens is 1. The summed E-state index contributed by atoms with van der Waals surface area (Å²) < 4.78 is 1.03. The van der Waals surface area contributed by atoms with Gasteiger partial charge in [-0.3, -0.25) is 9.59 Å². The van der Waals surface area contributed by atoms with E-state index in [9.17, 15) is 9.59 Å². The predicted octanol–water partition coefficient (Wildman–Crippen LogP) is 3.46. The zero-order valence-corrected chi connectivity index (χ0v) is 15.8. The van der Waals surface area contributed by atoms with Crippen molar-refractivity contribution in [3.05, 3.63) is 63.9 Å². The van der Waals surface area contributed by atoms with Crippen LogP contribution in [0.1, 0.15) is 12.5 Å². The Bertz CT molecular complexity index is 920. The molecule has 0 bridgehead atoms. The van der Waals surface area contributed by atoms with Crippen LogP contribution in [0.3, 0.4) is 0 Å². The molecular formula is C19H18IN3O2. The summed E-state index contributed by atoms with van der Waals surface area (Å²) >= 11 is 2.19. The van der Waals surface area contributed by atoms with E-state index in [1.54, 1.807) is 0 Å². The maximum Gasteiger partial charge on any atom is 0.247 e. The van der Waals surface area contributed by atoms with Crippen LogP contribution in [0.4, 0.5) is 5.69 Å². The Kier molecular flexibility index (Phi) is 5.37. The molecule has 0 fully saturated rings. The van der Waals surface area contributed by atoms with E-state index in [1.807, 2.05) is 54.7 Å². The average molecular weight is 447 g/mol. The molecule has 3 N–H and O–H groups in total. The van der Waals surface area contributed by atoms with E-state index >= 15 is 0 Å². The highest BCUT2D eigenvalue weighted by Gasteiger charge is 2.21. The molecule has 3 aromatic rings. The minimum absolute atomic E-state index is 0.234. The van der Waals surface area contributed by atoms with Gasteiger partial charge in [-0.2, -0.15) is 0 Å².